The van der Waals surface area contributed by atoms with Crippen LogP contribution < -0.4 is 0 Å². The second-order valence-electron chi connectivity index (χ2n) is 4.34. The summed E-state index contributed by atoms with van der Waals surface area (Å²) in [6.07, 6.45) is 2.91. The van der Waals surface area contributed by atoms with E-state index in [2.05, 4.69) is 4.90 Å². The molecule has 0 spiro atoms. The van der Waals surface area contributed by atoms with Gasteiger partial charge in [-0.3, -0.25) is 0 Å². The van der Waals surface area contributed by atoms with E-state index in [4.69, 9.17) is 15.4 Å². The number of likely N-dealkylation sites (tertiary alicyclic amines) is 1. The highest BCUT2D eigenvalue weighted by Gasteiger charge is 2.18. The van der Waals surface area contributed by atoms with Crippen LogP contribution >= 0.6 is 10.7 Å². The van der Waals surface area contributed by atoms with E-state index in [-0.39, 0.29) is 5.75 Å². The van der Waals surface area contributed by atoms with Gasteiger partial charge in [0, 0.05) is 24.4 Å². The van der Waals surface area contributed by atoms with Gasteiger partial charge in [0.2, 0.25) is 9.05 Å². The maximum atomic E-state index is 10.7. The number of methoxy groups -OCH3 is 1. The summed E-state index contributed by atoms with van der Waals surface area (Å²) < 4.78 is 26.6. The molecule has 0 bridgehead atoms. The molecule has 96 valence electrons. The molecule has 0 aromatic carbocycles. The van der Waals surface area contributed by atoms with Crippen molar-refractivity contribution in [2.45, 2.75) is 19.3 Å². The summed E-state index contributed by atoms with van der Waals surface area (Å²) >= 11 is 0. The van der Waals surface area contributed by atoms with E-state index in [9.17, 15) is 8.42 Å². The number of hydrogen-bond acceptors (Lipinski definition) is 4. The van der Waals surface area contributed by atoms with Gasteiger partial charge in [0.15, 0.2) is 0 Å². The molecule has 4 nitrogen and oxygen atoms in total. The highest BCUT2D eigenvalue weighted by molar-refractivity contribution is 8.13. The lowest BCUT2D eigenvalue weighted by molar-refractivity contribution is 0.0997. The summed E-state index contributed by atoms with van der Waals surface area (Å²) in [5, 5.41) is 0. The van der Waals surface area contributed by atoms with Crippen molar-refractivity contribution in [2.24, 2.45) is 5.92 Å². The molecule has 1 heterocycles. The van der Waals surface area contributed by atoms with Gasteiger partial charge in [-0.05, 0) is 44.8 Å². The maximum Gasteiger partial charge on any atom is 0.232 e. The Morgan fingerprint density at radius 2 is 2.00 bits per heavy atom. The van der Waals surface area contributed by atoms with Gasteiger partial charge in [-0.15, -0.1) is 0 Å². The van der Waals surface area contributed by atoms with E-state index < -0.39 is 9.05 Å². The van der Waals surface area contributed by atoms with E-state index in [1.165, 1.54) is 0 Å². The Balaban J connectivity index is 2.13. The van der Waals surface area contributed by atoms with Crippen molar-refractivity contribution in [1.82, 2.24) is 4.90 Å². The van der Waals surface area contributed by atoms with Crippen molar-refractivity contribution in [3.8, 4) is 0 Å². The molecule has 0 saturated carbocycles. The summed E-state index contributed by atoms with van der Waals surface area (Å²) in [6, 6.07) is 0. The van der Waals surface area contributed by atoms with Gasteiger partial charge >= 0.3 is 0 Å². The molecule has 0 aliphatic carbocycles. The summed E-state index contributed by atoms with van der Waals surface area (Å²) in [7, 11) is 3.57. The molecule has 0 radical (unpaired) electrons. The molecule has 0 aromatic rings. The maximum absolute atomic E-state index is 10.7. The Morgan fingerprint density at radius 3 is 2.50 bits per heavy atom. The summed E-state index contributed by atoms with van der Waals surface area (Å²) in [5.41, 5.74) is 0. The van der Waals surface area contributed by atoms with Crippen LogP contribution in [0, 0.1) is 5.92 Å². The smallest absolute Gasteiger partial charge is 0.232 e. The van der Waals surface area contributed by atoms with Crippen LogP contribution in [-0.2, 0) is 13.8 Å². The minimum Gasteiger partial charge on any atom is -0.384 e. The van der Waals surface area contributed by atoms with Crippen molar-refractivity contribution < 1.29 is 13.2 Å². The average molecular weight is 270 g/mol. The summed E-state index contributed by atoms with van der Waals surface area (Å²) in [6.45, 7) is 3.74. The Hall–Kier alpha value is 0.160. The molecule has 0 N–H and O–H groups in total. The van der Waals surface area contributed by atoms with Crippen LogP contribution in [0.1, 0.15) is 19.3 Å². The minimum absolute atomic E-state index is 0.0759. The molecular weight excluding hydrogens is 250 g/mol. The van der Waals surface area contributed by atoms with Gasteiger partial charge in [-0.2, -0.15) is 0 Å². The molecule has 0 amide bonds. The van der Waals surface area contributed by atoms with Gasteiger partial charge in [0.25, 0.3) is 0 Å². The van der Waals surface area contributed by atoms with Crippen LogP contribution in [0.5, 0.6) is 0 Å². The normalized spacial score (nSPS) is 20.1. The SMILES string of the molecule is COCC1CCN(CCCS(=O)(=O)Cl)CC1. The fourth-order valence-corrected chi connectivity index (χ4v) is 2.87. The van der Waals surface area contributed by atoms with Gasteiger partial charge in [0.05, 0.1) is 5.75 Å². The first-order valence-corrected chi connectivity index (χ1v) is 8.13. The number of nitrogens with zero attached hydrogens (tertiary/aromatic N) is 1. The number of ether oxygens (including phenoxy) is 1. The number of piperidine rings is 1. The van der Waals surface area contributed by atoms with Crippen LogP contribution in [0.4, 0.5) is 0 Å². The Kier molecular flexibility index (Phi) is 6.03. The lowest BCUT2D eigenvalue weighted by Gasteiger charge is -2.31. The molecule has 1 fully saturated rings. The minimum atomic E-state index is -3.32. The second kappa shape index (κ2) is 6.79. The fraction of sp³-hybridized carbons (Fsp3) is 1.00. The molecular formula is C10H20ClNO3S. The third-order valence-electron chi connectivity index (χ3n) is 2.97. The van der Waals surface area contributed by atoms with Crippen molar-refractivity contribution >= 4 is 19.7 Å². The first-order valence-electron chi connectivity index (χ1n) is 5.65. The second-order valence-corrected chi connectivity index (χ2v) is 7.23. The van der Waals surface area contributed by atoms with Gasteiger partial charge in [0.1, 0.15) is 0 Å². The van der Waals surface area contributed by atoms with Gasteiger partial charge in [-0.1, -0.05) is 0 Å². The van der Waals surface area contributed by atoms with E-state index in [1.54, 1.807) is 7.11 Å². The van der Waals surface area contributed by atoms with E-state index >= 15 is 0 Å². The Morgan fingerprint density at radius 1 is 1.38 bits per heavy atom. The fourth-order valence-electron chi connectivity index (χ4n) is 2.07. The van der Waals surface area contributed by atoms with Crippen LogP contribution in [-0.4, -0.2) is 52.4 Å². The van der Waals surface area contributed by atoms with Crippen LogP contribution in [0.25, 0.3) is 0 Å². The van der Waals surface area contributed by atoms with Crippen LogP contribution in [0.15, 0.2) is 0 Å². The number of halogens is 1. The molecule has 1 aliphatic heterocycles. The molecule has 1 aliphatic rings. The lowest BCUT2D eigenvalue weighted by atomic mass is 9.98. The zero-order valence-corrected chi connectivity index (χ0v) is 11.3. The van der Waals surface area contributed by atoms with Crippen molar-refractivity contribution in [1.29, 1.82) is 0 Å². The van der Waals surface area contributed by atoms with Gasteiger partial charge in [-0.25, -0.2) is 8.42 Å². The quantitative estimate of drug-likeness (QED) is 0.682. The predicted molar refractivity (Wildman–Crippen MR) is 65.3 cm³/mol. The summed E-state index contributed by atoms with van der Waals surface area (Å²) in [5.74, 6) is 0.741. The van der Waals surface area contributed by atoms with Crippen molar-refractivity contribution in [3.63, 3.8) is 0 Å². The van der Waals surface area contributed by atoms with Crippen molar-refractivity contribution in [2.75, 3.05) is 39.1 Å². The molecule has 0 atom stereocenters. The van der Waals surface area contributed by atoms with E-state index in [0.29, 0.717) is 12.3 Å². The monoisotopic (exact) mass is 269 g/mol. The summed E-state index contributed by atoms with van der Waals surface area (Å²) in [4.78, 5) is 2.30. The Labute approximate surface area is 102 Å². The first kappa shape index (κ1) is 14.2. The van der Waals surface area contributed by atoms with Crippen LogP contribution in [0.2, 0.25) is 0 Å². The zero-order chi connectivity index (χ0) is 12.0. The largest absolute Gasteiger partial charge is 0.384 e. The average Bonchev–Trinajstić information content (AvgIpc) is 2.19. The molecule has 16 heavy (non-hydrogen) atoms. The lowest BCUT2D eigenvalue weighted by Crippen LogP contribution is -2.36. The topological polar surface area (TPSA) is 46.6 Å². The highest BCUT2D eigenvalue weighted by Crippen LogP contribution is 2.17. The standard InChI is InChI=1S/C10H20ClNO3S/c1-15-9-10-3-6-12(7-4-10)5-2-8-16(11,13)14/h10H,2-9H2,1H3. The molecule has 1 rings (SSSR count). The molecule has 1 saturated heterocycles. The van der Waals surface area contributed by atoms with E-state index in [0.717, 1.165) is 39.1 Å². The van der Waals surface area contributed by atoms with E-state index in [1.807, 2.05) is 0 Å². The Bertz CT molecular complexity index is 286. The third kappa shape index (κ3) is 6.03. The van der Waals surface area contributed by atoms with Crippen molar-refractivity contribution in [3.05, 3.63) is 0 Å². The zero-order valence-electron chi connectivity index (χ0n) is 9.69. The number of hydrogen-bond donors (Lipinski definition) is 0. The molecule has 0 aromatic heterocycles. The van der Waals surface area contributed by atoms with Gasteiger partial charge < -0.3 is 9.64 Å². The van der Waals surface area contributed by atoms with Crippen LogP contribution in [0.3, 0.4) is 0 Å². The molecule has 6 heteroatoms. The third-order valence-corrected chi connectivity index (χ3v) is 4.21. The highest BCUT2D eigenvalue weighted by atomic mass is 35.7. The first-order chi connectivity index (χ1) is 7.51. The number of rotatable bonds is 6. The molecule has 0 unspecified atom stereocenters. The predicted octanol–water partition coefficient (Wildman–Crippen LogP) is 1.30.